The molecular formula is C14H17O4S-. The predicted octanol–water partition coefficient (Wildman–Crippen LogP) is 2.52. The number of rotatable bonds is 4. The van der Waals surface area contributed by atoms with Gasteiger partial charge in [-0.1, -0.05) is 42.8 Å². The predicted molar refractivity (Wildman–Crippen MR) is 72.1 cm³/mol. The zero-order chi connectivity index (χ0) is 14.0. The maximum absolute atomic E-state index is 10.6. The summed E-state index contributed by atoms with van der Waals surface area (Å²) in [5, 5.41) is 0. The third kappa shape index (κ3) is 3.65. The van der Waals surface area contributed by atoms with Crippen LogP contribution in [-0.2, 0) is 21.0 Å². The number of benzene rings is 1. The second-order valence-electron chi connectivity index (χ2n) is 4.92. The topological polar surface area (TPSA) is 66.4 Å². The summed E-state index contributed by atoms with van der Waals surface area (Å²) in [6.45, 7) is 3.50. The number of hydrogen-bond acceptors (Lipinski definition) is 4. The quantitative estimate of drug-likeness (QED) is 0.628. The van der Waals surface area contributed by atoms with E-state index >= 15 is 0 Å². The Morgan fingerprint density at radius 2 is 1.89 bits per heavy atom. The van der Waals surface area contributed by atoms with Crippen LogP contribution in [0.3, 0.4) is 0 Å². The summed E-state index contributed by atoms with van der Waals surface area (Å²) in [6.07, 6.45) is 3.23. The molecule has 0 heterocycles. The summed E-state index contributed by atoms with van der Waals surface area (Å²) in [5.74, 6) is -0.0999. The summed E-state index contributed by atoms with van der Waals surface area (Å²) in [7, 11) is -4.64. The van der Waals surface area contributed by atoms with Crippen LogP contribution >= 0.6 is 0 Å². The van der Waals surface area contributed by atoms with E-state index in [-0.39, 0.29) is 5.92 Å². The first kappa shape index (κ1) is 14.2. The molecule has 4 nitrogen and oxygen atoms in total. The number of aryl methyl sites for hydroxylation is 1. The van der Waals surface area contributed by atoms with Crippen LogP contribution < -0.4 is 0 Å². The van der Waals surface area contributed by atoms with Crippen LogP contribution in [0, 0.1) is 5.92 Å². The van der Waals surface area contributed by atoms with E-state index in [2.05, 4.69) is 16.3 Å². The molecule has 19 heavy (non-hydrogen) atoms. The minimum Gasteiger partial charge on any atom is -0.726 e. The third-order valence-electron chi connectivity index (χ3n) is 3.64. The lowest BCUT2D eigenvalue weighted by atomic mass is 9.84. The monoisotopic (exact) mass is 281 g/mol. The van der Waals surface area contributed by atoms with Crippen molar-refractivity contribution in [2.45, 2.75) is 32.8 Å². The van der Waals surface area contributed by atoms with E-state index in [0.29, 0.717) is 0 Å². The Balaban J connectivity index is 2.17. The normalized spacial score (nSPS) is 18.4. The van der Waals surface area contributed by atoms with E-state index in [1.54, 1.807) is 6.92 Å². The van der Waals surface area contributed by atoms with Crippen LogP contribution in [0.1, 0.15) is 31.4 Å². The highest BCUT2D eigenvalue weighted by Crippen LogP contribution is 2.30. The lowest BCUT2D eigenvalue weighted by Crippen LogP contribution is -2.24. The highest BCUT2D eigenvalue weighted by atomic mass is 32.3. The van der Waals surface area contributed by atoms with Gasteiger partial charge in [0.1, 0.15) is 0 Å². The van der Waals surface area contributed by atoms with E-state index in [0.717, 1.165) is 24.0 Å². The molecule has 0 aromatic heterocycles. The van der Waals surface area contributed by atoms with Gasteiger partial charge in [-0.15, -0.1) is 0 Å². The van der Waals surface area contributed by atoms with Crippen molar-refractivity contribution in [3.8, 4) is 0 Å². The molecule has 5 heteroatoms. The van der Waals surface area contributed by atoms with Crippen molar-refractivity contribution < 1.29 is 17.2 Å². The van der Waals surface area contributed by atoms with E-state index < -0.39 is 16.5 Å². The maximum atomic E-state index is 10.6. The minimum atomic E-state index is -4.64. The van der Waals surface area contributed by atoms with Crippen molar-refractivity contribution in [3.63, 3.8) is 0 Å². The first-order chi connectivity index (χ1) is 8.87. The summed E-state index contributed by atoms with van der Waals surface area (Å²) in [4.78, 5) is 0. The minimum absolute atomic E-state index is 0.0999. The fourth-order valence-corrected chi connectivity index (χ4v) is 2.92. The molecule has 1 aliphatic rings. The molecule has 2 rings (SSSR count). The number of fused-ring (bicyclic) bond motifs is 1. The molecule has 0 amide bonds. The molecule has 0 fully saturated rings. The molecule has 2 atom stereocenters. The molecule has 1 aromatic carbocycles. The van der Waals surface area contributed by atoms with Gasteiger partial charge in [0.15, 0.2) is 0 Å². The maximum Gasteiger partial charge on any atom is 0.217 e. The molecule has 0 bridgehead atoms. The zero-order valence-electron chi connectivity index (χ0n) is 11.0. The lowest BCUT2D eigenvalue weighted by molar-refractivity contribution is 0.157. The molecule has 0 saturated heterocycles. The average molecular weight is 281 g/mol. The zero-order valence-corrected chi connectivity index (χ0v) is 11.8. The second kappa shape index (κ2) is 5.45. The van der Waals surface area contributed by atoms with Gasteiger partial charge in [-0.3, -0.25) is 4.18 Å². The molecule has 0 N–H and O–H groups in total. The van der Waals surface area contributed by atoms with Crippen LogP contribution in [0.2, 0.25) is 0 Å². The lowest BCUT2D eigenvalue weighted by Gasteiger charge is -2.26. The summed E-state index contributed by atoms with van der Waals surface area (Å²) >= 11 is 0. The van der Waals surface area contributed by atoms with Gasteiger partial charge in [0.2, 0.25) is 10.4 Å². The van der Waals surface area contributed by atoms with Gasteiger partial charge in [0, 0.05) is 5.92 Å². The van der Waals surface area contributed by atoms with Gasteiger partial charge in [-0.2, -0.15) is 0 Å². The van der Waals surface area contributed by atoms with Gasteiger partial charge < -0.3 is 4.55 Å². The van der Waals surface area contributed by atoms with E-state index in [1.807, 2.05) is 25.1 Å². The van der Waals surface area contributed by atoms with Crippen LogP contribution in [0.5, 0.6) is 0 Å². The highest BCUT2D eigenvalue weighted by molar-refractivity contribution is 7.80. The second-order valence-corrected chi connectivity index (χ2v) is 5.93. The molecule has 104 valence electrons. The summed E-state index contributed by atoms with van der Waals surface area (Å²) in [5.41, 5.74) is 3.58. The Morgan fingerprint density at radius 1 is 1.21 bits per heavy atom. The van der Waals surface area contributed by atoms with Crippen molar-refractivity contribution in [1.82, 2.24) is 0 Å². The Labute approximate surface area is 114 Å². The fourth-order valence-electron chi connectivity index (χ4n) is 2.38. The first-order valence-corrected chi connectivity index (χ1v) is 7.62. The van der Waals surface area contributed by atoms with E-state index in [9.17, 15) is 13.0 Å². The Kier molecular flexibility index (Phi) is 4.08. The molecule has 0 radical (unpaired) electrons. The standard InChI is InChI=1S/C14H18O4S/c1-10(11(2)18-19(15,16)17)13-8-7-12-5-3-4-6-14(12)9-13/h3-6,9-11H,7-8H2,1-2H3,(H,15,16,17)/p-1. The first-order valence-electron chi connectivity index (χ1n) is 6.29. The van der Waals surface area contributed by atoms with Crippen molar-refractivity contribution in [2.24, 2.45) is 5.92 Å². The van der Waals surface area contributed by atoms with Gasteiger partial charge in [-0.25, -0.2) is 8.42 Å². The van der Waals surface area contributed by atoms with Gasteiger partial charge >= 0.3 is 0 Å². The summed E-state index contributed by atoms with van der Waals surface area (Å²) < 4.78 is 36.4. The molecule has 1 aromatic rings. The Morgan fingerprint density at radius 3 is 2.58 bits per heavy atom. The van der Waals surface area contributed by atoms with Crippen molar-refractivity contribution in [2.75, 3.05) is 0 Å². The molecule has 0 saturated carbocycles. The molecule has 0 aliphatic heterocycles. The van der Waals surface area contributed by atoms with Gasteiger partial charge in [0.25, 0.3) is 0 Å². The number of hydrogen-bond donors (Lipinski definition) is 0. The van der Waals surface area contributed by atoms with Crippen molar-refractivity contribution in [3.05, 3.63) is 41.0 Å². The van der Waals surface area contributed by atoms with Gasteiger partial charge in [0.05, 0.1) is 6.10 Å². The largest absolute Gasteiger partial charge is 0.726 e. The fraction of sp³-hybridized carbons (Fsp3) is 0.429. The molecule has 0 spiro atoms. The van der Waals surface area contributed by atoms with E-state index in [4.69, 9.17) is 0 Å². The van der Waals surface area contributed by atoms with E-state index in [1.165, 1.54) is 5.56 Å². The summed E-state index contributed by atoms with van der Waals surface area (Å²) in [6, 6.07) is 8.12. The molecular weight excluding hydrogens is 264 g/mol. The van der Waals surface area contributed by atoms with Crippen LogP contribution in [0.15, 0.2) is 29.8 Å². The third-order valence-corrected chi connectivity index (χ3v) is 4.18. The highest BCUT2D eigenvalue weighted by Gasteiger charge is 2.22. The average Bonchev–Trinajstić information content (AvgIpc) is 2.35. The molecule has 2 unspecified atom stereocenters. The van der Waals surface area contributed by atoms with Crippen LogP contribution in [0.4, 0.5) is 0 Å². The Bertz CT molecular complexity index is 589. The van der Waals surface area contributed by atoms with Crippen molar-refractivity contribution >= 4 is 16.5 Å². The van der Waals surface area contributed by atoms with Crippen LogP contribution in [-0.4, -0.2) is 19.1 Å². The smallest absolute Gasteiger partial charge is 0.217 e. The molecule has 1 aliphatic carbocycles. The Hall–Kier alpha value is -1.17. The SMILES string of the molecule is CC(OS(=O)(=O)[O-])C(C)C1=Cc2ccccc2CC1. The van der Waals surface area contributed by atoms with Crippen molar-refractivity contribution in [1.29, 1.82) is 0 Å². The van der Waals surface area contributed by atoms with Gasteiger partial charge in [-0.05, 0) is 30.9 Å². The van der Waals surface area contributed by atoms with Crippen LogP contribution in [0.25, 0.3) is 6.08 Å².